The molecule has 0 aliphatic carbocycles. The molecule has 0 radical (unpaired) electrons. The third-order valence-electron chi connectivity index (χ3n) is 3.02. The molecule has 2 aromatic rings. The number of hydrogen-bond acceptors (Lipinski definition) is 3. The van der Waals surface area contributed by atoms with Crippen LogP contribution in [-0.2, 0) is 5.60 Å². The average molecular weight is 288 g/mol. The summed E-state index contributed by atoms with van der Waals surface area (Å²) in [7, 11) is 0. The molecule has 1 atom stereocenters. The summed E-state index contributed by atoms with van der Waals surface area (Å²) in [5.74, 6) is -0.561. The second-order valence-corrected chi connectivity index (χ2v) is 5.75. The van der Waals surface area contributed by atoms with Crippen molar-refractivity contribution in [1.82, 2.24) is 0 Å². The van der Waals surface area contributed by atoms with Crippen LogP contribution in [0.1, 0.15) is 22.8 Å². The molecular weight excluding hydrogens is 272 g/mol. The summed E-state index contributed by atoms with van der Waals surface area (Å²) in [4.78, 5) is 11.8. The summed E-state index contributed by atoms with van der Waals surface area (Å²) in [6, 6.07) is 16.2. The smallest absolute Gasteiger partial charge is 0.336 e. The first-order valence-corrected chi connectivity index (χ1v) is 7.22. The molecule has 0 aliphatic heterocycles. The maximum absolute atomic E-state index is 11.1. The van der Waals surface area contributed by atoms with E-state index in [0.29, 0.717) is 10.6 Å². The SMILES string of the molecule is CC(O)(CSc1ccccc1C(=O)O)c1ccccc1. The lowest BCUT2D eigenvalue weighted by Crippen LogP contribution is -2.24. The van der Waals surface area contributed by atoms with Crippen LogP contribution in [0.5, 0.6) is 0 Å². The van der Waals surface area contributed by atoms with E-state index in [1.165, 1.54) is 11.8 Å². The maximum Gasteiger partial charge on any atom is 0.336 e. The van der Waals surface area contributed by atoms with Gasteiger partial charge in [0, 0.05) is 10.6 Å². The van der Waals surface area contributed by atoms with E-state index < -0.39 is 11.6 Å². The summed E-state index contributed by atoms with van der Waals surface area (Å²) in [5, 5.41) is 19.6. The van der Waals surface area contributed by atoms with Gasteiger partial charge in [0.25, 0.3) is 0 Å². The third kappa shape index (κ3) is 3.40. The van der Waals surface area contributed by atoms with Crippen LogP contribution in [0.15, 0.2) is 59.5 Å². The van der Waals surface area contributed by atoms with E-state index in [1.807, 2.05) is 30.3 Å². The molecule has 0 saturated heterocycles. The van der Waals surface area contributed by atoms with Crippen molar-refractivity contribution in [3.05, 3.63) is 65.7 Å². The van der Waals surface area contributed by atoms with Gasteiger partial charge in [-0.2, -0.15) is 0 Å². The molecule has 0 fully saturated rings. The highest BCUT2D eigenvalue weighted by Crippen LogP contribution is 2.31. The summed E-state index contributed by atoms with van der Waals surface area (Å²) in [5.41, 5.74) is 0.0824. The number of hydrogen-bond donors (Lipinski definition) is 2. The van der Waals surface area contributed by atoms with Crippen LogP contribution in [0.2, 0.25) is 0 Å². The molecule has 1 unspecified atom stereocenters. The van der Waals surface area contributed by atoms with E-state index >= 15 is 0 Å². The van der Waals surface area contributed by atoms with Crippen molar-refractivity contribution in [2.75, 3.05) is 5.75 Å². The van der Waals surface area contributed by atoms with E-state index in [0.717, 1.165) is 5.56 Å². The van der Waals surface area contributed by atoms with Gasteiger partial charge in [-0.05, 0) is 24.6 Å². The lowest BCUT2D eigenvalue weighted by Gasteiger charge is -2.23. The summed E-state index contributed by atoms with van der Waals surface area (Å²) in [6.07, 6.45) is 0. The summed E-state index contributed by atoms with van der Waals surface area (Å²) >= 11 is 1.35. The fourth-order valence-corrected chi connectivity index (χ4v) is 2.96. The Morgan fingerprint density at radius 3 is 2.35 bits per heavy atom. The number of thioether (sulfide) groups is 1. The molecule has 0 aliphatic rings. The quantitative estimate of drug-likeness (QED) is 0.828. The van der Waals surface area contributed by atoms with Crippen molar-refractivity contribution in [2.45, 2.75) is 17.4 Å². The largest absolute Gasteiger partial charge is 0.478 e. The molecule has 104 valence electrons. The van der Waals surface area contributed by atoms with Crippen LogP contribution in [-0.4, -0.2) is 21.9 Å². The summed E-state index contributed by atoms with van der Waals surface area (Å²) in [6.45, 7) is 1.73. The zero-order valence-corrected chi connectivity index (χ0v) is 11.9. The molecule has 2 rings (SSSR count). The highest BCUT2D eigenvalue weighted by atomic mass is 32.2. The first-order valence-electron chi connectivity index (χ1n) is 6.24. The van der Waals surface area contributed by atoms with Crippen molar-refractivity contribution in [2.24, 2.45) is 0 Å². The fraction of sp³-hybridized carbons (Fsp3) is 0.188. The molecule has 0 bridgehead atoms. The van der Waals surface area contributed by atoms with Gasteiger partial charge in [-0.3, -0.25) is 0 Å². The first kappa shape index (κ1) is 14.6. The Kier molecular flexibility index (Phi) is 4.47. The van der Waals surface area contributed by atoms with Gasteiger partial charge < -0.3 is 10.2 Å². The molecule has 0 amide bonds. The number of aliphatic hydroxyl groups is 1. The summed E-state index contributed by atoms with van der Waals surface area (Å²) < 4.78 is 0. The lowest BCUT2D eigenvalue weighted by molar-refractivity contribution is 0.0691. The molecule has 0 heterocycles. The van der Waals surface area contributed by atoms with Gasteiger partial charge in [0.15, 0.2) is 0 Å². The molecule has 0 aromatic heterocycles. The van der Waals surface area contributed by atoms with Crippen LogP contribution >= 0.6 is 11.8 Å². The second kappa shape index (κ2) is 6.11. The van der Waals surface area contributed by atoms with Crippen LogP contribution in [0, 0.1) is 0 Å². The average Bonchev–Trinajstić information content (AvgIpc) is 2.46. The van der Waals surface area contributed by atoms with Crippen LogP contribution in [0.3, 0.4) is 0 Å². The van der Waals surface area contributed by atoms with Crippen molar-refractivity contribution >= 4 is 17.7 Å². The predicted molar refractivity (Wildman–Crippen MR) is 80.1 cm³/mol. The Morgan fingerprint density at radius 1 is 1.10 bits per heavy atom. The topological polar surface area (TPSA) is 57.5 Å². The number of rotatable bonds is 5. The van der Waals surface area contributed by atoms with Gasteiger partial charge in [0.1, 0.15) is 0 Å². The Balaban J connectivity index is 2.15. The van der Waals surface area contributed by atoms with E-state index in [9.17, 15) is 9.90 Å². The van der Waals surface area contributed by atoms with Gasteiger partial charge in [-0.15, -0.1) is 11.8 Å². The minimum Gasteiger partial charge on any atom is -0.478 e. The predicted octanol–water partition coefficient (Wildman–Crippen LogP) is 3.38. The molecule has 0 saturated carbocycles. The van der Waals surface area contributed by atoms with Crippen molar-refractivity contribution in [1.29, 1.82) is 0 Å². The van der Waals surface area contributed by atoms with Gasteiger partial charge in [0.2, 0.25) is 0 Å². The normalized spacial score (nSPS) is 13.7. The van der Waals surface area contributed by atoms with E-state index in [4.69, 9.17) is 5.11 Å². The molecule has 4 heteroatoms. The monoisotopic (exact) mass is 288 g/mol. The Morgan fingerprint density at radius 2 is 1.70 bits per heavy atom. The Labute approximate surface area is 122 Å². The van der Waals surface area contributed by atoms with E-state index in [-0.39, 0.29) is 5.56 Å². The number of aromatic carboxylic acids is 1. The Hall–Kier alpha value is -1.78. The molecular formula is C16H16O3S. The fourth-order valence-electron chi connectivity index (χ4n) is 1.87. The van der Waals surface area contributed by atoms with Crippen LogP contribution in [0.4, 0.5) is 0 Å². The van der Waals surface area contributed by atoms with Gasteiger partial charge in [-0.25, -0.2) is 4.79 Å². The molecule has 20 heavy (non-hydrogen) atoms. The lowest BCUT2D eigenvalue weighted by atomic mass is 9.99. The first-order chi connectivity index (χ1) is 9.50. The Bertz CT molecular complexity index is 594. The molecule has 2 N–H and O–H groups in total. The van der Waals surface area contributed by atoms with Crippen molar-refractivity contribution in [3.8, 4) is 0 Å². The number of benzene rings is 2. The van der Waals surface area contributed by atoms with Crippen molar-refractivity contribution < 1.29 is 15.0 Å². The number of carboxylic acid groups (broad SMARTS) is 1. The molecule has 2 aromatic carbocycles. The highest BCUT2D eigenvalue weighted by molar-refractivity contribution is 7.99. The third-order valence-corrected chi connectivity index (χ3v) is 4.40. The van der Waals surface area contributed by atoms with Gasteiger partial charge in [-0.1, -0.05) is 42.5 Å². The van der Waals surface area contributed by atoms with Gasteiger partial charge in [0.05, 0.1) is 11.2 Å². The minimum absolute atomic E-state index is 0.265. The maximum atomic E-state index is 11.1. The zero-order valence-electron chi connectivity index (χ0n) is 11.1. The van der Waals surface area contributed by atoms with Gasteiger partial charge >= 0.3 is 5.97 Å². The zero-order chi connectivity index (χ0) is 14.6. The highest BCUT2D eigenvalue weighted by Gasteiger charge is 2.24. The number of carboxylic acids is 1. The van der Waals surface area contributed by atoms with E-state index in [1.54, 1.807) is 31.2 Å². The second-order valence-electron chi connectivity index (χ2n) is 4.73. The standard InChI is InChI=1S/C16H16O3S/c1-16(19,12-7-3-2-4-8-12)11-20-14-10-6-5-9-13(14)15(17)18/h2-10,19H,11H2,1H3,(H,17,18). The molecule has 3 nitrogen and oxygen atoms in total. The number of carbonyl (C=O) groups is 1. The van der Waals surface area contributed by atoms with Crippen LogP contribution < -0.4 is 0 Å². The van der Waals surface area contributed by atoms with Crippen LogP contribution in [0.25, 0.3) is 0 Å². The molecule has 0 spiro atoms. The van der Waals surface area contributed by atoms with E-state index in [2.05, 4.69) is 0 Å². The van der Waals surface area contributed by atoms with Crippen molar-refractivity contribution in [3.63, 3.8) is 0 Å². The minimum atomic E-state index is -1.00.